The Balaban J connectivity index is 2.34. The number of nitrogens with one attached hydrogen (secondary N) is 1. The first-order valence-corrected chi connectivity index (χ1v) is 7.58. The van der Waals surface area contributed by atoms with E-state index in [1.54, 1.807) is 4.90 Å². The second-order valence-electron chi connectivity index (χ2n) is 6.94. The van der Waals surface area contributed by atoms with Crippen LogP contribution in [0.25, 0.3) is 0 Å². The fraction of sp³-hybridized carbons (Fsp3) is 0.933. The van der Waals surface area contributed by atoms with Crippen molar-refractivity contribution in [2.45, 2.75) is 65.2 Å². The van der Waals surface area contributed by atoms with Crippen LogP contribution in [0.1, 0.15) is 47.5 Å². The lowest BCUT2D eigenvalue weighted by molar-refractivity contribution is 0.00792. The Morgan fingerprint density at radius 2 is 1.90 bits per heavy atom. The topological polar surface area (TPSA) is 61.8 Å². The largest absolute Gasteiger partial charge is 0.444 e. The zero-order chi connectivity index (χ0) is 15.3. The number of piperidine rings is 1. The third kappa shape index (κ3) is 6.09. The van der Waals surface area contributed by atoms with Crippen molar-refractivity contribution in [2.24, 2.45) is 5.92 Å². The fourth-order valence-electron chi connectivity index (χ4n) is 2.32. The standard InChI is InChI=1S/C15H30N2O3/c1-11(2)16-10-13(18)12-6-8-17(9-7-12)14(19)20-15(3,4)5/h11-13,16,18H,6-10H2,1-5H3. The highest BCUT2D eigenvalue weighted by atomic mass is 16.6. The number of likely N-dealkylation sites (tertiary alicyclic amines) is 1. The monoisotopic (exact) mass is 286 g/mol. The Kier molecular flexibility index (Phi) is 6.27. The summed E-state index contributed by atoms with van der Waals surface area (Å²) >= 11 is 0. The van der Waals surface area contributed by atoms with E-state index in [0.29, 0.717) is 25.7 Å². The van der Waals surface area contributed by atoms with Crippen LogP contribution in [0.4, 0.5) is 4.79 Å². The van der Waals surface area contributed by atoms with Gasteiger partial charge in [0.25, 0.3) is 0 Å². The molecule has 1 fully saturated rings. The van der Waals surface area contributed by atoms with E-state index in [4.69, 9.17) is 4.74 Å². The van der Waals surface area contributed by atoms with Crippen LogP contribution in [0.15, 0.2) is 0 Å². The normalized spacial score (nSPS) is 19.2. The summed E-state index contributed by atoms with van der Waals surface area (Å²) in [5, 5.41) is 13.4. The molecule has 0 aromatic carbocycles. The molecule has 1 aliphatic heterocycles. The summed E-state index contributed by atoms with van der Waals surface area (Å²) in [5.41, 5.74) is -0.450. The van der Waals surface area contributed by atoms with Gasteiger partial charge < -0.3 is 20.1 Å². The average molecular weight is 286 g/mol. The summed E-state index contributed by atoms with van der Waals surface area (Å²) in [6, 6.07) is 0.381. The van der Waals surface area contributed by atoms with Gasteiger partial charge >= 0.3 is 6.09 Å². The van der Waals surface area contributed by atoms with Gasteiger partial charge in [0.1, 0.15) is 5.60 Å². The molecular weight excluding hydrogens is 256 g/mol. The number of hydrogen-bond acceptors (Lipinski definition) is 4. The first-order chi connectivity index (χ1) is 9.19. The summed E-state index contributed by atoms with van der Waals surface area (Å²) in [6.45, 7) is 11.7. The van der Waals surface area contributed by atoms with Crippen LogP contribution in [0, 0.1) is 5.92 Å². The molecule has 1 aliphatic rings. The molecule has 0 radical (unpaired) electrons. The Morgan fingerprint density at radius 1 is 1.35 bits per heavy atom. The molecule has 1 saturated heterocycles. The Hall–Kier alpha value is -0.810. The quantitative estimate of drug-likeness (QED) is 0.829. The van der Waals surface area contributed by atoms with Gasteiger partial charge in [-0.25, -0.2) is 4.79 Å². The lowest BCUT2D eigenvalue weighted by Gasteiger charge is -2.35. The molecule has 1 amide bonds. The minimum absolute atomic E-state index is 0.245. The van der Waals surface area contributed by atoms with Crippen LogP contribution in [0.2, 0.25) is 0 Å². The van der Waals surface area contributed by atoms with E-state index < -0.39 is 5.60 Å². The number of aliphatic hydroxyl groups is 1. The zero-order valence-corrected chi connectivity index (χ0v) is 13.5. The van der Waals surface area contributed by atoms with Crippen LogP contribution in [0.3, 0.4) is 0 Å². The number of carbonyl (C=O) groups excluding carboxylic acids is 1. The maximum Gasteiger partial charge on any atom is 0.410 e. The molecule has 0 spiro atoms. The minimum Gasteiger partial charge on any atom is -0.444 e. The van der Waals surface area contributed by atoms with Gasteiger partial charge in [-0.15, -0.1) is 0 Å². The number of rotatable bonds is 4. The van der Waals surface area contributed by atoms with Crippen molar-refractivity contribution in [1.82, 2.24) is 10.2 Å². The van der Waals surface area contributed by atoms with Crippen LogP contribution in [-0.4, -0.2) is 53.5 Å². The first kappa shape index (κ1) is 17.2. The number of carbonyl (C=O) groups is 1. The smallest absolute Gasteiger partial charge is 0.410 e. The van der Waals surface area contributed by atoms with E-state index in [-0.39, 0.29) is 18.1 Å². The molecule has 1 atom stereocenters. The third-order valence-corrected chi connectivity index (χ3v) is 3.47. The van der Waals surface area contributed by atoms with Gasteiger partial charge in [-0.2, -0.15) is 0 Å². The van der Waals surface area contributed by atoms with Gasteiger partial charge in [-0.1, -0.05) is 13.8 Å². The predicted octanol–water partition coefficient (Wildman–Crippen LogP) is 1.99. The Morgan fingerprint density at radius 3 is 2.35 bits per heavy atom. The Labute approximate surface area is 122 Å². The molecule has 1 heterocycles. The third-order valence-electron chi connectivity index (χ3n) is 3.47. The zero-order valence-electron chi connectivity index (χ0n) is 13.5. The number of hydrogen-bond donors (Lipinski definition) is 2. The maximum absolute atomic E-state index is 11.9. The highest BCUT2D eigenvalue weighted by molar-refractivity contribution is 5.68. The van der Waals surface area contributed by atoms with Crippen molar-refractivity contribution in [2.75, 3.05) is 19.6 Å². The van der Waals surface area contributed by atoms with Crippen LogP contribution < -0.4 is 5.32 Å². The molecule has 1 unspecified atom stereocenters. The average Bonchev–Trinajstić information content (AvgIpc) is 2.34. The van der Waals surface area contributed by atoms with Crippen LogP contribution in [-0.2, 0) is 4.74 Å². The highest BCUT2D eigenvalue weighted by Gasteiger charge is 2.29. The molecule has 0 saturated carbocycles. The number of aliphatic hydroxyl groups excluding tert-OH is 1. The molecule has 118 valence electrons. The van der Waals surface area contributed by atoms with Gasteiger partial charge in [0.05, 0.1) is 6.10 Å². The molecule has 20 heavy (non-hydrogen) atoms. The van der Waals surface area contributed by atoms with E-state index in [1.165, 1.54) is 0 Å². The number of amides is 1. The first-order valence-electron chi connectivity index (χ1n) is 7.58. The number of ether oxygens (including phenoxy) is 1. The molecule has 0 aliphatic carbocycles. The van der Waals surface area contributed by atoms with Crippen molar-refractivity contribution in [1.29, 1.82) is 0 Å². The van der Waals surface area contributed by atoms with E-state index >= 15 is 0 Å². The summed E-state index contributed by atoms with van der Waals surface area (Å²) in [6.07, 6.45) is 1.09. The molecule has 5 nitrogen and oxygen atoms in total. The van der Waals surface area contributed by atoms with Crippen molar-refractivity contribution >= 4 is 6.09 Å². The molecule has 1 rings (SSSR count). The molecule has 2 N–H and O–H groups in total. The lowest BCUT2D eigenvalue weighted by atomic mass is 9.91. The SMILES string of the molecule is CC(C)NCC(O)C1CCN(C(=O)OC(C)(C)C)CC1. The lowest BCUT2D eigenvalue weighted by Crippen LogP contribution is -2.45. The maximum atomic E-state index is 11.9. The summed E-state index contributed by atoms with van der Waals surface area (Å²) in [7, 11) is 0. The van der Waals surface area contributed by atoms with Crippen molar-refractivity contribution in [3.8, 4) is 0 Å². The Bertz CT molecular complexity index is 305. The van der Waals surface area contributed by atoms with Gasteiger partial charge in [0, 0.05) is 25.7 Å². The van der Waals surface area contributed by atoms with Crippen molar-refractivity contribution in [3.63, 3.8) is 0 Å². The predicted molar refractivity (Wildman–Crippen MR) is 79.7 cm³/mol. The molecule has 0 aromatic heterocycles. The second kappa shape index (κ2) is 7.27. The van der Waals surface area contributed by atoms with Gasteiger partial charge in [0.2, 0.25) is 0 Å². The molecular formula is C15H30N2O3. The van der Waals surface area contributed by atoms with E-state index in [1.807, 2.05) is 20.8 Å². The summed E-state index contributed by atoms with van der Waals surface area (Å²) in [5.74, 6) is 0.264. The molecule has 0 aromatic rings. The van der Waals surface area contributed by atoms with Crippen LogP contribution >= 0.6 is 0 Å². The van der Waals surface area contributed by atoms with Gasteiger partial charge in [-0.05, 0) is 39.5 Å². The number of nitrogens with zero attached hydrogens (tertiary/aromatic N) is 1. The van der Waals surface area contributed by atoms with Gasteiger partial charge in [-0.3, -0.25) is 0 Å². The van der Waals surface area contributed by atoms with Gasteiger partial charge in [0.15, 0.2) is 0 Å². The van der Waals surface area contributed by atoms with E-state index in [0.717, 1.165) is 12.8 Å². The fourth-order valence-corrected chi connectivity index (χ4v) is 2.32. The second-order valence-corrected chi connectivity index (χ2v) is 6.94. The summed E-state index contributed by atoms with van der Waals surface area (Å²) in [4.78, 5) is 13.7. The van der Waals surface area contributed by atoms with Crippen molar-refractivity contribution in [3.05, 3.63) is 0 Å². The van der Waals surface area contributed by atoms with Crippen molar-refractivity contribution < 1.29 is 14.6 Å². The summed E-state index contributed by atoms with van der Waals surface area (Å²) < 4.78 is 5.36. The molecule has 0 bridgehead atoms. The van der Waals surface area contributed by atoms with E-state index in [2.05, 4.69) is 19.2 Å². The van der Waals surface area contributed by atoms with Crippen LogP contribution in [0.5, 0.6) is 0 Å². The van der Waals surface area contributed by atoms with E-state index in [9.17, 15) is 9.90 Å². The molecule has 5 heteroatoms. The minimum atomic E-state index is -0.450. The highest BCUT2D eigenvalue weighted by Crippen LogP contribution is 2.22.